The molecule has 160 valence electrons. The maximum Gasteiger partial charge on any atom is 0.261 e. The Hall–Kier alpha value is -2.53. The van der Waals surface area contributed by atoms with Crippen molar-refractivity contribution in [2.45, 2.75) is 57.7 Å². The van der Waals surface area contributed by atoms with Crippen molar-refractivity contribution in [1.29, 1.82) is 0 Å². The van der Waals surface area contributed by atoms with Gasteiger partial charge < -0.3 is 15.0 Å². The highest BCUT2D eigenvalue weighted by molar-refractivity contribution is 6.30. The molecule has 0 heterocycles. The molecule has 1 fully saturated rings. The Morgan fingerprint density at radius 3 is 2.53 bits per heavy atom. The number of hydrogen-bond acceptors (Lipinski definition) is 3. The highest BCUT2D eigenvalue weighted by Crippen LogP contribution is 2.19. The van der Waals surface area contributed by atoms with Crippen LogP contribution in [0.25, 0.3) is 0 Å². The van der Waals surface area contributed by atoms with Gasteiger partial charge in [-0.05, 0) is 49.6 Å². The summed E-state index contributed by atoms with van der Waals surface area (Å²) in [7, 11) is 0. The summed E-state index contributed by atoms with van der Waals surface area (Å²) in [6, 6.07) is 16.1. The zero-order chi connectivity index (χ0) is 21.3. The molecular weight excluding hydrogens is 400 g/mol. The molecule has 2 amide bonds. The first-order chi connectivity index (χ1) is 14.5. The van der Waals surface area contributed by atoms with Gasteiger partial charge in [0.1, 0.15) is 11.8 Å². The summed E-state index contributed by atoms with van der Waals surface area (Å²) in [6.07, 6.45) is 5.48. The number of ether oxygens (including phenoxy) is 1. The summed E-state index contributed by atoms with van der Waals surface area (Å²) < 4.78 is 5.64. The minimum atomic E-state index is -0.613. The van der Waals surface area contributed by atoms with Crippen molar-refractivity contribution in [3.8, 4) is 5.75 Å². The molecule has 5 nitrogen and oxygen atoms in total. The molecule has 2 aromatic rings. The van der Waals surface area contributed by atoms with Crippen LogP contribution in [0.1, 0.15) is 44.6 Å². The summed E-state index contributed by atoms with van der Waals surface area (Å²) in [6.45, 7) is 1.92. The molecule has 3 rings (SSSR count). The fraction of sp³-hybridized carbons (Fsp3) is 0.417. The SMILES string of the molecule is CC(C(=O)NC1CCCCC1)N(Cc1cccc(Cl)c1)C(=O)COc1ccccc1. The van der Waals surface area contributed by atoms with Crippen molar-refractivity contribution < 1.29 is 14.3 Å². The van der Waals surface area contributed by atoms with Gasteiger partial charge in [0.2, 0.25) is 5.91 Å². The number of hydrogen-bond donors (Lipinski definition) is 1. The van der Waals surface area contributed by atoms with Crippen LogP contribution < -0.4 is 10.1 Å². The summed E-state index contributed by atoms with van der Waals surface area (Å²) in [5.41, 5.74) is 0.868. The van der Waals surface area contributed by atoms with Gasteiger partial charge in [0.05, 0.1) is 0 Å². The van der Waals surface area contributed by atoms with E-state index in [0.29, 0.717) is 10.8 Å². The number of nitrogens with zero attached hydrogens (tertiary/aromatic N) is 1. The molecule has 0 bridgehead atoms. The molecule has 0 saturated heterocycles. The van der Waals surface area contributed by atoms with E-state index < -0.39 is 6.04 Å². The van der Waals surface area contributed by atoms with Crippen LogP contribution in [0.2, 0.25) is 5.02 Å². The van der Waals surface area contributed by atoms with Gasteiger partial charge >= 0.3 is 0 Å². The second-order valence-electron chi connectivity index (χ2n) is 7.77. The maximum atomic E-state index is 13.0. The van der Waals surface area contributed by atoms with Crippen molar-refractivity contribution in [3.05, 3.63) is 65.2 Å². The van der Waals surface area contributed by atoms with E-state index in [-0.39, 0.29) is 31.0 Å². The van der Waals surface area contributed by atoms with Crippen LogP contribution in [0.4, 0.5) is 0 Å². The molecule has 1 aliphatic carbocycles. The first kappa shape index (κ1) is 22.2. The van der Waals surface area contributed by atoms with Crippen LogP contribution in [0.3, 0.4) is 0 Å². The molecule has 6 heteroatoms. The van der Waals surface area contributed by atoms with Crippen LogP contribution in [-0.2, 0) is 16.1 Å². The summed E-state index contributed by atoms with van der Waals surface area (Å²) in [4.78, 5) is 27.5. The summed E-state index contributed by atoms with van der Waals surface area (Å²) in [5, 5.41) is 3.72. The number of halogens is 1. The molecule has 0 aliphatic heterocycles. The topological polar surface area (TPSA) is 58.6 Å². The van der Waals surface area contributed by atoms with E-state index in [9.17, 15) is 9.59 Å². The van der Waals surface area contributed by atoms with E-state index >= 15 is 0 Å². The van der Waals surface area contributed by atoms with Crippen molar-refractivity contribution in [2.24, 2.45) is 0 Å². The van der Waals surface area contributed by atoms with E-state index in [2.05, 4.69) is 5.32 Å². The van der Waals surface area contributed by atoms with Gasteiger partial charge in [0.15, 0.2) is 6.61 Å². The Morgan fingerprint density at radius 1 is 1.10 bits per heavy atom. The average molecular weight is 429 g/mol. The highest BCUT2D eigenvalue weighted by Gasteiger charge is 2.28. The number of nitrogens with one attached hydrogen (secondary N) is 1. The van der Waals surface area contributed by atoms with Gasteiger partial charge in [-0.2, -0.15) is 0 Å². The number of carbonyl (C=O) groups is 2. The Balaban J connectivity index is 1.69. The second kappa shape index (κ2) is 11.0. The van der Waals surface area contributed by atoms with Gasteiger partial charge in [-0.25, -0.2) is 0 Å². The van der Waals surface area contributed by atoms with Crippen LogP contribution in [-0.4, -0.2) is 35.4 Å². The number of rotatable bonds is 8. The van der Waals surface area contributed by atoms with Crippen LogP contribution in [0.15, 0.2) is 54.6 Å². The molecule has 1 N–H and O–H groups in total. The number of carbonyl (C=O) groups excluding carboxylic acids is 2. The zero-order valence-electron chi connectivity index (χ0n) is 17.4. The third-order valence-corrected chi connectivity index (χ3v) is 5.70. The number of amides is 2. The lowest BCUT2D eigenvalue weighted by atomic mass is 9.95. The summed E-state index contributed by atoms with van der Waals surface area (Å²) >= 11 is 6.11. The zero-order valence-corrected chi connectivity index (χ0v) is 18.1. The average Bonchev–Trinajstić information content (AvgIpc) is 2.77. The molecule has 0 radical (unpaired) electrons. The second-order valence-corrected chi connectivity index (χ2v) is 8.21. The van der Waals surface area contributed by atoms with E-state index in [1.54, 1.807) is 30.0 Å². The van der Waals surface area contributed by atoms with E-state index in [0.717, 1.165) is 31.2 Å². The largest absolute Gasteiger partial charge is 0.484 e. The van der Waals surface area contributed by atoms with Crippen LogP contribution >= 0.6 is 11.6 Å². The lowest BCUT2D eigenvalue weighted by Gasteiger charge is -2.31. The molecule has 30 heavy (non-hydrogen) atoms. The van der Waals surface area contributed by atoms with Crippen molar-refractivity contribution in [2.75, 3.05) is 6.61 Å². The van der Waals surface area contributed by atoms with E-state index in [4.69, 9.17) is 16.3 Å². The van der Waals surface area contributed by atoms with Gasteiger partial charge in [-0.1, -0.05) is 61.2 Å². The number of benzene rings is 2. The Labute approximate surface area is 183 Å². The van der Waals surface area contributed by atoms with Gasteiger partial charge in [-0.15, -0.1) is 0 Å². The van der Waals surface area contributed by atoms with Crippen LogP contribution in [0, 0.1) is 0 Å². The van der Waals surface area contributed by atoms with E-state index in [1.165, 1.54) is 6.42 Å². The minimum Gasteiger partial charge on any atom is -0.484 e. The molecule has 1 atom stereocenters. The molecule has 2 aromatic carbocycles. The quantitative estimate of drug-likeness (QED) is 0.669. The number of para-hydroxylation sites is 1. The van der Waals surface area contributed by atoms with E-state index in [1.807, 2.05) is 36.4 Å². The minimum absolute atomic E-state index is 0.128. The Morgan fingerprint density at radius 2 is 1.83 bits per heavy atom. The van der Waals surface area contributed by atoms with Gasteiger partial charge in [0, 0.05) is 17.6 Å². The van der Waals surface area contributed by atoms with Gasteiger partial charge in [0.25, 0.3) is 5.91 Å². The van der Waals surface area contributed by atoms with Crippen LogP contribution in [0.5, 0.6) is 5.75 Å². The molecule has 1 saturated carbocycles. The predicted octanol–water partition coefficient (Wildman–Crippen LogP) is 4.59. The molecule has 0 spiro atoms. The Bertz CT molecular complexity index is 837. The normalized spacial score (nSPS) is 15.3. The third kappa shape index (κ3) is 6.49. The first-order valence-corrected chi connectivity index (χ1v) is 10.9. The highest BCUT2D eigenvalue weighted by atomic mass is 35.5. The fourth-order valence-corrected chi connectivity index (χ4v) is 3.94. The van der Waals surface area contributed by atoms with Crippen molar-refractivity contribution in [3.63, 3.8) is 0 Å². The molecule has 1 unspecified atom stereocenters. The van der Waals surface area contributed by atoms with Gasteiger partial charge in [-0.3, -0.25) is 9.59 Å². The monoisotopic (exact) mass is 428 g/mol. The Kier molecular flexibility index (Phi) is 8.14. The third-order valence-electron chi connectivity index (χ3n) is 5.47. The molecule has 1 aliphatic rings. The lowest BCUT2D eigenvalue weighted by molar-refractivity contribution is -0.142. The molecule has 0 aromatic heterocycles. The standard InChI is InChI=1S/C24H29ClN2O3/c1-18(24(29)26-21-11-4-2-5-12-21)27(16-19-9-8-10-20(25)15-19)23(28)17-30-22-13-6-3-7-14-22/h3,6-10,13-15,18,21H,2,4-5,11-12,16-17H2,1H3,(H,26,29). The van der Waals surface area contributed by atoms with Crippen molar-refractivity contribution >= 4 is 23.4 Å². The predicted molar refractivity (Wildman–Crippen MR) is 118 cm³/mol. The lowest BCUT2D eigenvalue weighted by Crippen LogP contribution is -2.51. The first-order valence-electron chi connectivity index (χ1n) is 10.5. The smallest absolute Gasteiger partial charge is 0.261 e. The molecular formula is C24H29ClN2O3. The van der Waals surface area contributed by atoms with Crippen molar-refractivity contribution in [1.82, 2.24) is 10.2 Å². The maximum absolute atomic E-state index is 13.0. The summed E-state index contributed by atoms with van der Waals surface area (Å²) in [5.74, 6) is 0.245. The fourth-order valence-electron chi connectivity index (χ4n) is 3.73.